The van der Waals surface area contributed by atoms with Gasteiger partial charge in [0.2, 0.25) is 5.88 Å². The zero-order chi connectivity index (χ0) is 14.1. The van der Waals surface area contributed by atoms with Crippen LogP contribution in [0.25, 0.3) is 0 Å². The van der Waals surface area contributed by atoms with Gasteiger partial charge in [-0.15, -0.1) is 0 Å². The second-order valence-corrected chi connectivity index (χ2v) is 5.32. The molecule has 3 nitrogen and oxygen atoms in total. The molecule has 0 radical (unpaired) electrons. The molecule has 0 atom stereocenters. The highest BCUT2D eigenvalue weighted by atomic mass is 35.5. The molecular weight excluding hydrogens is 279 g/mol. The van der Waals surface area contributed by atoms with E-state index in [-0.39, 0.29) is 12.4 Å². The maximum absolute atomic E-state index is 13.6. The van der Waals surface area contributed by atoms with E-state index in [2.05, 4.69) is 9.97 Å². The Morgan fingerprint density at radius 1 is 1.30 bits per heavy atom. The van der Waals surface area contributed by atoms with Crippen LogP contribution in [0, 0.1) is 12.7 Å². The third kappa shape index (κ3) is 2.75. The average molecular weight is 293 g/mol. The van der Waals surface area contributed by atoms with Crippen molar-refractivity contribution in [1.82, 2.24) is 9.97 Å². The molecule has 20 heavy (non-hydrogen) atoms. The van der Waals surface area contributed by atoms with Gasteiger partial charge in [-0.2, -0.15) is 4.98 Å². The Balaban J connectivity index is 1.81. The summed E-state index contributed by atoms with van der Waals surface area (Å²) in [5, 5.41) is 0.408. The second-order valence-electron chi connectivity index (χ2n) is 4.96. The molecule has 0 aliphatic heterocycles. The lowest BCUT2D eigenvalue weighted by molar-refractivity contribution is 0.284. The maximum atomic E-state index is 13.6. The van der Waals surface area contributed by atoms with Crippen LogP contribution in [0.1, 0.15) is 35.7 Å². The van der Waals surface area contributed by atoms with Crippen LogP contribution in [-0.2, 0) is 6.61 Å². The summed E-state index contributed by atoms with van der Waals surface area (Å²) in [6.07, 6.45) is 2.18. The van der Waals surface area contributed by atoms with E-state index in [1.165, 1.54) is 6.07 Å². The van der Waals surface area contributed by atoms with E-state index < -0.39 is 0 Å². The minimum Gasteiger partial charge on any atom is -0.472 e. The van der Waals surface area contributed by atoms with E-state index in [9.17, 15) is 4.39 Å². The number of halogens is 2. The van der Waals surface area contributed by atoms with Gasteiger partial charge in [0.25, 0.3) is 0 Å². The fraction of sp³-hybridized carbons (Fsp3) is 0.333. The standard InChI is InChI=1S/C15H14ClFN2O/c1-9-13(16)18-14(10-6-7-10)19-15(9)20-8-11-4-2-3-5-12(11)17/h2-5,10H,6-8H2,1H3. The SMILES string of the molecule is Cc1c(Cl)nc(C2CC2)nc1OCc1ccccc1F. The van der Waals surface area contributed by atoms with Gasteiger partial charge in [0.15, 0.2) is 0 Å². The normalized spacial score (nSPS) is 14.3. The van der Waals surface area contributed by atoms with Gasteiger partial charge in [0.1, 0.15) is 23.4 Å². The van der Waals surface area contributed by atoms with Crippen LogP contribution in [-0.4, -0.2) is 9.97 Å². The van der Waals surface area contributed by atoms with Gasteiger partial charge in [-0.1, -0.05) is 29.8 Å². The molecule has 1 fully saturated rings. The summed E-state index contributed by atoms with van der Waals surface area (Å²) >= 11 is 6.10. The van der Waals surface area contributed by atoms with Crippen LogP contribution in [0.2, 0.25) is 5.15 Å². The van der Waals surface area contributed by atoms with Crippen molar-refractivity contribution in [1.29, 1.82) is 0 Å². The van der Waals surface area contributed by atoms with Crippen LogP contribution in [0.3, 0.4) is 0 Å². The van der Waals surface area contributed by atoms with Gasteiger partial charge in [-0.3, -0.25) is 0 Å². The number of benzene rings is 1. The van der Waals surface area contributed by atoms with Gasteiger partial charge >= 0.3 is 0 Å². The highest BCUT2D eigenvalue weighted by molar-refractivity contribution is 6.30. The van der Waals surface area contributed by atoms with Crippen molar-refractivity contribution >= 4 is 11.6 Å². The smallest absolute Gasteiger partial charge is 0.221 e. The fourth-order valence-electron chi connectivity index (χ4n) is 1.91. The van der Waals surface area contributed by atoms with Crippen molar-refractivity contribution in [2.45, 2.75) is 32.3 Å². The van der Waals surface area contributed by atoms with Crippen molar-refractivity contribution in [3.63, 3.8) is 0 Å². The first-order valence-electron chi connectivity index (χ1n) is 6.55. The molecule has 104 valence electrons. The van der Waals surface area contributed by atoms with E-state index in [1.54, 1.807) is 25.1 Å². The van der Waals surface area contributed by atoms with Gasteiger partial charge < -0.3 is 4.74 Å². The minimum atomic E-state index is -0.285. The van der Waals surface area contributed by atoms with Crippen molar-refractivity contribution in [2.75, 3.05) is 0 Å². The molecule has 1 aliphatic rings. The summed E-state index contributed by atoms with van der Waals surface area (Å²) in [7, 11) is 0. The van der Waals surface area contributed by atoms with E-state index in [0.717, 1.165) is 18.7 Å². The molecule has 3 rings (SSSR count). The van der Waals surface area contributed by atoms with Crippen LogP contribution in [0.4, 0.5) is 4.39 Å². The number of hydrogen-bond donors (Lipinski definition) is 0. The quantitative estimate of drug-likeness (QED) is 0.798. The summed E-state index contributed by atoms with van der Waals surface area (Å²) in [4.78, 5) is 8.67. The molecule has 1 saturated carbocycles. The Kier molecular flexibility index (Phi) is 3.57. The number of nitrogens with zero attached hydrogens (tertiary/aromatic N) is 2. The largest absolute Gasteiger partial charge is 0.472 e. The molecule has 0 bridgehead atoms. The zero-order valence-electron chi connectivity index (χ0n) is 11.1. The van der Waals surface area contributed by atoms with Crippen molar-refractivity contribution in [2.24, 2.45) is 0 Å². The van der Waals surface area contributed by atoms with E-state index in [0.29, 0.717) is 28.1 Å². The molecule has 0 spiro atoms. The molecule has 5 heteroatoms. The highest BCUT2D eigenvalue weighted by Crippen LogP contribution is 2.39. The summed E-state index contributed by atoms with van der Waals surface area (Å²) in [6.45, 7) is 1.93. The summed E-state index contributed by atoms with van der Waals surface area (Å²) in [6, 6.07) is 6.53. The maximum Gasteiger partial charge on any atom is 0.221 e. The Morgan fingerprint density at radius 2 is 2.05 bits per heavy atom. The first-order valence-corrected chi connectivity index (χ1v) is 6.93. The molecule has 1 heterocycles. The minimum absolute atomic E-state index is 0.130. The summed E-state index contributed by atoms with van der Waals surface area (Å²) < 4.78 is 19.2. The third-order valence-corrected chi connectivity index (χ3v) is 3.69. The molecule has 1 aromatic heterocycles. The van der Waals surface area contributed by atoms with Crippen LogP contribution < -0.4 is 4.74 Å². The van der Waals surface area contributed by atoms with E-state index >= 15 is 0 Å². The van der Waals surface area contributed by atoms with Gasteiger partial charge in [0.05, 0.1) is 0 Å². The first kappa shape index (κ1) is 13.3. The molecule has 0 saturated heterocycles. The van der Waals surface area contributed by atoms with Gasteiger partial charge in [-0.25, -0.2) is 9.37 Å². The Labute approximate surface area is 121 Å². The molecule has 1 aromatic carbocycles. The van der Waals surface area contributed by atoms with Gasteiger partial charge in [0, 0.05) is 17.0 Å². The first-order chi connectivity index (χ1) is 9.65. The fourth-order valence-corrected chi connectivity index (χ4v) is 2.08. The number of aromatic nitrogens is 2. The van der Waals surface area contributed by atoms with Crippen molar-refractivity contribution in [3.8, 4) is 5.88 Å². The lowest BCUT2D eigenvalue weighted by Crippen LogP contribution is -2.04. The molecular formula is C15H14ClFN2O. The number of rotatable bonds is 4. The molecule has 1 aliphatic carbocycles. The Morgan fingerprint density at radius 3 is 2.75 bits per heavy atom. The molecule has 0 N–H and O–H groups in total. The predicted molar refractivity (Wildman–Crippen MR) is 74.5 cm³/mol. The van der Waals surface area contributed by atoms with Crippen LogP contribution >= 0.6 is 11.6 Å². The zero-order valence-corrected chi connectivity index (χ0v) is 11.8. The lowest BCUT2D eigenvalue weighted by atomic mass is 10.2. The molecule has 0 unspecified atom stereocenters. The predicted octanol–water partition coefficient (Wildman–Crippen LogP) is 4.03. The molecule has 2 aromatic rings. The second kappa shape index (κ2) is 5.37. The number of hydrogen-bond acceptors (Lipinski definition) is 3. The molecule has 0 amide bonds. The summed E-state index contributed by atoms with van der Waals surface area (Å²) in [5.41, 5.74) is 1.18. The summed E-state index contributed by atoms with van der Waals surface area (Å²) in [5.74, 6) is 1.27. The Bertz CT molecular complexity index is 644. The third-order valence-electron chi connectivity index (χ3n) is 3.32. The van der Waals surface area contributed by atoms with Crippen molar-refractivity contribution in [3.05, 3.63) is 52.2 Å². The van der Waals surface area contributed by atoms with E-state index in [1.807, 2.05) is 0 Å². The average Bonchev–Trinajstić information content (AvgIpc) is 3.26. The highest BCUT2D eigenvalue weighted by Gasteiger charge is 2.28. The lowest BCUT2D eigenvalue weighted by Gasteiger charge is -2.11. The topological polar surface area (TPSA) is 35.0 Å². The number of ether oxygens (including phenoxy) is 1. The van der Waals surface area contributed by atoms with Crippen LogP contribution in [0.15, 0.2) is 24.3 Å². The van der Waals surface area contributed by atoms with E-state index in [4.69, 9.17) is 16.3 Å². The van der Waals surface area contributed by atoms with Crippen LogP contribution in [0.5, 0.6) is 5.88 Å². The monoisotopic (exact) mass is 292 g/mol. The van der Waals surface area contributed by atoms with Crippen molar-refractivity contribution < 1.29 is 9.13 Å². The van der Waals surface area contributed by atoms with Gasteiger partial charge in [-0.05, 0) is 25.8 Å². The Hall–Kier alpha value is -1.68.